The van der Waals surface area contributed by atoms with Crippen LogP contribution in [-0.2, 0) is 4.79 Å². The molecule has 0 aliphatic rings. The molecular weight excluding hydrogens is 238 g/mol. The van der Waals surface area contributed by atoms with E-state index in [9.17, 15) is 14.9 Å². The van der Waals surface area contributed by atoms with Crippen LogP contribution in [0.2, 0.25) is 0 Å². The molecule has 98 valence electrons. The van der Waals surface area contributed by atoms with Gasteiger partial charge < -0.3 is 15.8 Å². The Morgan fingerprint density at radius 3 is 2.56 bits per heavy atom. The second-order valence-corrected chi connectivity index (χ2v) is 4.25. The summed E-state index contributed by atoms with van der Waals surface area (Å²) in [5.41, 5.74) is 4.15. The number of carbonyl (C=O) groups excluding carboxylic acids is 1. The Hall–Kier alpha value is -2.31. The summed E-state index contributed by atoms with van der Waals surface area (Å²) in [6.07, 6.45) is 0. The average Bonchev–Trinajstić information content (AvgIpc) is 2.27. The first-order valence-corrected chi connectivity index (χ1v) is 5.18. The Bertz CT molecular complexity index is 485. The zero-order valence-electron chi connectivity index (χ0n) is 10.4. The van der Waals surface area contributed by atoms with E-state index in [1.807, 2.05) is 0 Å². The summed E-state index contributed by atoms with van der Waals surface area (Å²) in [6.45, 7) is 3.08. The summed E-state index contributed by atoms with van der Waals surface area (Å²) in [5, 5.41) is 13.6. The zero-order chi connectivity index (χ0) is 13.9. The lowest BCUT2D eigenvalue weighted by Gasteiger charge is -2.23. The number of hydrogen-bond acceptors (Lipinski definition) is 5. The number of nitrogens with two attached hydrogens (primary N) is 1. The molecular formula is C11H15N3O4. The molecule has 3 N–H and O–H groups in total. The molecule has 0 fully saturated rings. The molecule has 0 saturated carbocycles. The first kappa shape index (κ1) is 13.8. The van der Waals surface area contributed by atoms with Crippen molar-refractivity contribution in [3.8, 4) is 5.75 Å². The van der Waals surface area contributed by atoms with Gasteiger partial charge in [-0.1, -0.05) is 0 Å². The number of nitro benzene ring substituents is 1. The van der Waals surface area contributed by atoms with E-state index in [1.165, 1.54) is 25.3 Å². The molecule has 0 atom stereocenters. The van der Waals surface area contributed by atoms with Gasteiger partial charge in [-0.05, 0) is 19.9 Å². The van der Waals surface area contributed by atoms with Gasteiger partial charge in [0.15, 0.2) is 0 Å². The molecule has 7 nitrogen and oxygen atoms in total. The van der Waals surface area contributed by atoms with Crippen molar-refractivity contribution in [2.75, 3.05) is 12.4 Å². The molecule has 0 radical (unpaired) electrons. The zero-order valence-corrected chi connectivity index (χ0v) is 10.4. The van der Waals surface area contributed by atoms with Gasteiger partial charge in [0.05, 0.1) is 12.0 Å². The number of rotatable bonds is 5. The molecule has 1 amide bonds. The van der Waals surface area contributed by atoms with Gasteiger partial charge in [0.1, 0.15) is 17.0 Å². The van der Waals surface area contributed by atoms with Crippen molar-refractivity contribution in [3.05, 3.63) is 28.3 Å². The Balaban J connectivity index is 3.20. The fourth-order valence-corrected chi connectivity index (χ4v) is 1.30. The van der Waals surface area contributed by atoms with Gasteiger partial charge in [0.25, 0.3) is 5.69 Å². The van der Waals surface area contributed by atoms with E-state index in [1.54, 1.807) is 13.8 Å². The monoisotopic (exact) mass is 253 g/mol. The lowest BCUT2D eigenvalue weighted by atomic mass is 10.0. The van der Waals surface area contributed by atoms with E-state index in [0.717, 1.165) is 0 Å². The Kier molecular flexibility index (Phi) is 3.75. The molecule has 0 aliphatic heterocycles. The van der Waals surface area contributed by atoms with Crippen molar-refractivity contribution in [2.45, 2.75) is 19.4 Å². The van der Waals surface area contributed by atoms with E-state index in [0.29, 0.717) is 5.75 Å². The third-order valence-corrected chi connectivity index (χ3v) is 2.46. The van der Waals surface area contributed by atoms with Crippen LogP contribution < -0.4 is 15.8 Å². The van der Waals surface area contributed by atoms with Crippen LogP contribution in [0.25, 0.3) is 0 Å². The number of primary amides is 1. The van der Waals surface area contributed by atoms with Gasteiger partial charge in [-0.25, -0.2) is 0 Å². The van der Waals surface area contributed by atoms with Gasteiger partial charge in [0.2, 0.25) is 5.91 Å². The van der Waals surface area contributed by atoms with Crippen LogP contribution in [0.3, 0.4) is 0 Å². The van der Waals surface area contributed by atoms with Crippen molar-refractivity contribution in [3.63, 3.8) is 0 Å². The van der Waals surface area contributed by atoms with E-state index < -0.39 is 16.4 Å². The third-order valence-electron chi connectivity index (χ3n) is 2.46. The molecule has 0 aliphatic carbocycles. The second-order valence-electron chi connectivity index (χ2n) is 4.25. The van der Waals surface area contributed by atoms with Crippen LogP contribution in [0, 0.1) is 10.1 Å². The first-order chi connectivity index (χ1) is 8.27. The molecule has 18 heavy (non-hydrogen) atoms. The summed E-state index contributed by atoms with van der Waals surface area (Å²) < 4.78 is 4.99. The number of anilines is 1. The summed E-state index contributed by atoms with van der Waals surface area (Å²) in [7, 11) is 1.45. The van der Waals surface area contributed by atoms with Crippen molar-refractivity contribution in [1.29, 1.82) is 0 Å². The highest BCUT2D eigenvalue weighted by Gasteiger charge is 2.28. The molecule has 0 spiro atoms. The average molecular weight is 253 g/mol. The summed E-state index contributed by atoms with van der Waals surface area (Å²) >= 11 is 0. The number of amides is 1. The maximum Gasteiger partial charge on any atom is 0.292 e. The molecule has 7 heteroatoms. The lowest BCUT2D eigenvalue weighted by Crippen LogP contribution is -2.45. The number of nitrogens with one attached hydrogen (secondary N) is 1. The Labute approximate surface area is 104 Å². The number of benzene rings is 1. The van der Waals surface area contributed by atoms with Crippen LogP contribution in [0.1, 0.15) is 13.8 Å². The summed E-state index contributed by atoms with van der Waals surface area (Å²) in [5.74, 6) is -0.164. The molecule has 0 aromatic heterocycles. The minimum Gasteiger partial charge on any atom is -0.497 e. The Morgan fingerprint density at radius 1 is 1.50 bits per heavy atom. The standard InChI is InChI=1S/C11H15N3O4/c1-11(2,10(12)15)13-8-6-7(18-3)4-5-9(8)14(16)17/h4-6,13H,1-3H3,(H2,12,15). The normalized spacial score (nSPS) is 10.8. The minimum atomic E-state index is -1.10. The number of carbonyl (C=O) groups is 1. The van der Waals surface area contributed by atoms with Crippen molar-refractivity contribution in [1.82, 2.24) is 0 Å². The number of ether oxygens (including phenoxy) is 1. The highest BCUT2D eigenvalue weighted by atomic mass is 16.6. The fraction of sp³-hybridized carbons (Fsp3) is 0.364. The minimum absolute atomic E-state index is 0.148. The van der Waals surface area contributed by atoms with Gasteiger partial charge >= 0.3 is 0 Å². The van der Waals surface area contributed by atoms with Gasteiger partial charge in [-0.2, -0.15) is 0 Å². The summed E-state index contributed by atoms with van der Waals surface area (Å²) in [6, 6.07) is 4.22. The van der Waals surface area contributed by atoms with Crippen LogP contribution in [0.5, 0.6) is 5.75 Å². The molecule has 0 unspecified atom stereocenters. The van der Waals surface area contributed by atoms with Crippen molar-refractivity contribution >= 4 is 17.3 Å². The van der Waals surface area contributed by atoms with E-state index >= 15 is 0 Å². The lowest BCUT2D eigenvalue weighted by molar-refractivity contribution is -0.384. The van der Waals surface area contributed by atoms with Crippen LogP contribution in [-0.4, -0.2) is 23.5 Å². The maximum atomic E-state index is 11.2. The van der Waals surface area contributed by atoms with Crippen molar-refractivity contribution in [2.24, 2.45) is 5.73 Å². The maximum absolute atomic E-state index is 11.2. The highest BCUT2D eigenvalue weighted by molar-refractivity contribution is 5.88. The van der Waals surface area contributed by atoms with E-state index in [4.69, 9.17) is 10.5 Å². The van der Waals surface area contributed by atoms with Crippen molar-refractivity contribution < 1.29 is 14.5 Å². The first-order valence-electron chi connectivity index (χ1n) is 5.18. The second kappa shape index (κ2) is 4.91. The molecule has 0 heterocycles. The van der Waals surface area contributed by atoms with Gasteiger partial charge in [0, 0.05) is 12.1 Å². The van der Waals surface area contributed by atoms with Gasteiger partial charge in [-0.15, -0.1) is 0 Å². The van der Waals surface area contributed by atoms with Gasteiger partial charge in [-0.3, -0.25) is 14.9 Å². The van der Waals surface area contributed by atoms with Crippen LogP contribution >= 0.6 is 0 Å². The van der Waals surface area contributed by atoms with Crippen LogP contribution in [0.4, 0.5) is 11.4 Å². The fourth-order valence-electron chi connectivity index (χ4n) is 1.30. The molecule has 1 aromatic rings. The molecule has 0 saturated heterocycles. The number of nitrogens with zero attached hydrogens (tertiary/aromatic N) is 1. The Morgan fingerprint density at radius 2 is 2.11 bits per heavy atom. The molecule has 1 rings (SSSR count). The quantitative estimate of drug-likeness (QED) is 0.607. The smallest absolute Gasteiger partial charge is 0.292 e. The largest absolute Gasteiger partial charge is 0.497 e. The predicted molar refractivity (Wildman–Crippen MR) is 66.5 cm³/mol. The highest BCUT2D eigenvalue weighted by Crippen LogP contribution is 2.30. The molecule has 1 aromatic carbocycles. The van der Waals surface area contributed by atoms with Crippen LogP contribution in [0.15, 0.2) is 18.2 Å². The predicted octanol–water partition coefficient (Wildman–Crippen LogP) is 1.28. The van der Waals surface area contributed by atoms with E-state index in [-0.39, 0.29) is 11.4 Å². The summed E-state index contributed by atoms with van der Waals surface area (Å²) in [4.78, 5) is 21.6. The number of hydrogen-bond donors (Lipinski definition) is 2. The third kappa shape index (κ3) is 2.88. The number of nitro groups is 1. The molecule has 0 bridgehead atoms. The number of methoxy groups -OCH3 is 1. The topological polar surface area (TPSA) is 107 Å². The SMILES string of the molecule is COc1ccc([N+](=O)[O-])c(NC(C)(C)C(N)=O)c1. The van der Waals surface area contributed by atoms with E-state index in [2.05, 4.69) is 5.32 Å².